The van der Waals surface area contributed by atoms with Crippen LogP contribution in [-0.2, 0) is 11.3 Å². The minimum Gasteiger partial charge on any atom is -0.340 e. The predicted octanol–water partition coefficient (Wildman–Crippen LogP) is 2.43. The van der Waals surface area contributed by atoms with E-state index in [0.29, 0.717) is 18.0 Å². The molecule has 0 heterocycles. The third-order valence-electron chi connectivity index (χ3n) is 2.66. The van der Waals surface area contributed by atoms with Crippen molar-refractivity contribution in [2.24, 2.45) is 5.73 Å². The summed E-state index contributed by atoms with van der Waals surface area (Å²) in [5.41, 5.74) is 6.73. The normalized spacial score (nSPS) is 12.2. The van der Waals surface area contributed by atoms with Gasteiger partial charge in [0.1, 0.15) is 0 Å². The van der Waals surface area contributed by atoms with Crippen molar-refractivity contribution in [3.8, 4) is 0 Å². The van der Waals surface area contributed by atoms with Crippen LogP contribution < -0.4 is 5.73 Å². The van der Waals surface area contributed by atoms with Crippen molar-refractivity contribution < 1.29 is 4.79 Å². The number of amides is 1. The van der Waals surface area contributed by atoms with Gasteiger partial charge in [0, 0.05) is 18.6 Å². The Hall–Kier alpha value is -1.06. The second-order valence-corrected chi connectivity index (χ2v) is 4.59. The Kier molecular flexibility index (Phi) is 5.45. The summed E-state index contributed by atoms with van der Waals surface area (Å²) >= 11 is 6.04. The fraction of sp³-hybridized carbons (Fsp3) is 0.462. The third-order valence-corrected chi connectivity index (χ3v) is 3.03. The summed E-state index contributed by atoms with van der Waals surface area (Å²) in [7, 11) is 1.75. The van der Waals surface area contributed by atoms with E-state index in [0.717, 1.165) is 12.0 Å². The number of halogens is 1. The summed E-state index contributed by atoms with van der Waals surface area (Å²) in [5.74, 6) is -0.0354. The molecule has 0 saturated carbocycles. The van der Waals surface area contributed by atoms with Gasteiger partial charge in [-0.1, -0.05) is 43.1 Å². The molecule has 1 aromatic rings. The minimum atomic E-state index is -0.410. The molecule has 1 atom stereocenters. The number of hydrogen-bond acceptors (Lipinski definition) is 2. The maximum atomic E-state index is 11.9. The lowest BCUT2D eigenvalue weighted by molar-refractivity contribution is -0.131. The molecule has 0 aliphatic heterocycles. The molecule has 0 radical (unpaired) electrons. The van der Waals surface area contributed by atoms with Gasteiger partial charge in [-0.3, -0.25) is 4.79 Å². The summed E-state index contributed by atoms with van der Waals surface area (Å²) in [6.45, 7) is 2.51. The van der Waals surface area contributed by atoms with E-state index in [1.54, 1.807) is 11.9 Å². The molecule has 94 valence electrons. The SMILES string of the molecule is CCC[C@H](N)C(=O)N(C)Cc1ccccc1Cl. The molecule has 0 fully saturated rings. The average molecular weight is 255 g/mol. The second kappa shape index (κ2) is 6.62. The molecule has 0 unspecified atom stereocenters. The molecular weight excluding hydrogens is 236 g/mol. The first-order valence-corrected chi connectivity index (χ1v) is 6.18. The predicted molar refractivity (Wildman–Crippen MR) is 70.8 cm³/mol. The number of likely N-dealkylation sites (N-methyl/N-ethyl adjacent to an activating group) is 1. The Morgan fingerprint density at radius 2 is 2.12 bits per heavy atom. The summed E-state index contributed by atoms with van der Waals surface area (Å²) < 4.78 is 0. The highest BCUT2D eigenvalue weighted by molar-refractivity contribution is 6.31. The van der Waals surface area contributed by atoms with Crippen molar-refractivity contribution in [1.29, 1.82) is 0 Å². The average Bonchev–Trinajstić information content (AvgIpc) is 2.31. The first-order valence-electron chi connectivity index (χ1n) is 5.80. The van der Waals surface area contributed by atoms with Crippen molar-refractivity contribution in [3.63, 3.8) is 0 Å². The largest absolute Gasteiger partial charge is 0.340 e. The molecule has 2 N–H and O–H groups in total. The van der Waals surface area contributed by atoms with Crippen LogP contribution in [0.4, 0.5) is 0 Å². The summed E-state index contributed by atoms with van der Waals surface area (Å²) in [5, 5.41) is 0.677. The summed E-state index contributed by atoms with van der Waals surface area (Å²) in [6.07, 6.45) is 1.62. The Labute approximate surface area is 108 Å². The molecule has 1 amide bonds. The van der Waals surface area contributed by atoms with Crippen molar-refractivity contribution >= 4 is 17.5 Å². The van der Waals surface area contributed by atoms with E-state index in [1.165, 1.54) is 0 Å². The molecule has 0 bridgehead atoms. The highest BCUT2D eigenvalue weighted by Crippen LogP contribution is 2.16. The number of nitrogens with zero attached hydrogens (tertiary/aromatic N) is 1. The first kappa shape index (κ1) is 14.0. The molecular formula is C13H19ClN2O. The van der Waals surface area contributed by atoms with Gasteiger partial charge in [0.05, 0.1) is 6.04 Å². The van der Waals surface area contributed by atoms with Crippen molar-refractivity contribution in [2.45, 2.75) is 32.4 Å². The van der Waals surface area contributed by atoms with Crippen LogP contribution in [0.1, 0.15) is 25.3 Å². The Morgan fingerprint density at radius 3 is 2.71 bits per heavy atom. The topological polar surface area (TPSA) is 46.3 Å². The van der Waals surface area contributed by atoms with Gasteiger partial charge in [-0.15, -0.1) is 0 Å². The van der Waals surface area contributed by atoms with E-state index < -0.39 is 6.04 Å². The van der Waals surface area contributed by atoms with Crippen molar-refractivity contribution in [3.05, 3.63) is 34.9 Å². The smallest absolute Gasteiger partial charge is 0.239 e. The Bertz CT molecular complexity index is 381. The quantitative estimate of drug-likeness (QED) is 0.877. The fourth-order valence-electron chi connectivity index (χ4n) is 1.68. The molecule has 0 saturated heterocycles. The van der Waals surface area contributed by atoms with Gasteiger partial charge in [-0.05, 0) is 18.1 Å². The first-order chi connectivity index (χ1) is 8.06. The van der Waals surface area contributed by atoms with Gasteiger partial charge in [0.25, 0.3) is 0 Å². The fourth-order valence-corrected chi connectivity index (χ4v) is 1.87. The zero-order chi connectivity index (χ0) is 12.8. The van der Waals surface area contributed by atoms with E-state index in [1.807, 2.05) is 31.2 Å². The van der Waals surface area contributed by atoms with E-state index in [4.69, 9.17) is 17.3 Å². The van der Waals surface area contributed by atoms with Crippen LogP contribution >= 0.6 is 11.6 Å². The van der Waals surface area contributed by atoms with E-state index >= 15 is 0 Å². The van der Waals surface area contributed by atoms with Gasteiger partial charge in [-0.25, -0.2) is 0 Å². The highest BCUT2D eigenvalue weighted by atomic mass is 35.5. The van der Waals surface area contributed by atoms with Gasteiger partial charge in [0.15, 0.2) is 0 Å². The number of carbonyl (C=O) groups excluding carboxylic acids is 1. The van der Waals surface area contributed by atoms with Crippen molar-refractivity contribution in [1.82, 2.24) is 4.90 Å². The highest BCUT2D eigenvalue weighted by Gasteiger charge is 2.17. The van der Waals surface area contributed by atoms with Gasteiger partial charge in [0.2, 0.25) is 5.91 Å². The van der Waals surface area contributed by atoms with Gasteiger partial charge in [-0.2, -0.15) is 0 Å². The molecule has 0 aliphatic rings. The second-order valence-electron chi connectivity index (χ2n) is 4.18. The minimum absolute atomic E-state index is 0.0354. The lowest BCUT2D eigenvalue weighted by atomic mass is 10.1. The van der Waals surface area contributed by atoms with Crippen LogP contribution in [0.5, 0.6) is 0 Å². The molecule has 1 rings (SSSR count). The van der Waals surface area contributed by atoms with Crippen LogP contribution in [0.25, 0.3) is 0 Å². The molecule has 1 aromatic carbocycles. The number of carbonyl (C=O) groups is 1. The third kappa shape index (κ3) is 4.02. The number of hydrogen-bond donors (Lipinski definition) is 1. The van der Waals surface area contributed by atoms with Gasteiger partial charge >= 0.3 is 0 Å². The van der Waals surface area contributed by atoms with E-state index in [9.17, 15) is 4.79 Å². The number of nitrogens with two attached hydrogens (primary N) is 1. The number of rotatable bonds is 5. The van der Waals surface area contributed by atoms with Crippen LogP contribution in [0.15, 0.2) is 24.3 Å². The summed E-state index contributed by atoms with van der Waals surface area (Å²) in [4.78, 5) is 13.5. The molecule has 0 aliphatic carbocycles. The zero-order valence-corrected chi connectivity index (χ0v) is 11.1. The number of benzene rings is 1. The van der Waals surface area contributed by atoms with Crippen LogP contribution in [0.3, 0.4) is 0 Å². The molecule has 4 heteroatoms. The Balaban J connectivity index is 2.63. The van der Waals surface area contributed by atoms with E-state index in [2.05, 4.69) is 0 Å². The maximum absolute atomic E-state index is 11.9. The van der Waals surface area contributed by atoms with Crippen LogP contribution in [0.2, 0.25) is 5.02 Å². The van der Waals surface area contributed by atoms with Crippen LogP contribution in [-0.4, -0.2) is 23.9 Å². The van der Waals surface area contributed by atoms with Crippen molar-refractivity contribution in [2.75, 3.05) is 7.05 Å². The zero-order valence-electron chi connectivity index (χ0n) is 10.3. The standard InChI is InChI=1S/C13H19ClN2O/c1-3-6-12(15)13(17)16(2)9-10-7-4-5-8-11(10)14/h4-5,7-8,12H,3,6,9,15H2,1-2H3/t12-/m0/s1. The van der Waals surface area contributed by atoms with E-state index in [-0.39, 0.29) is 5.91 Å². The lowest BCUT2D eigenvalue weighted by Crippen LogP contribution is -2.41. The van der Waals surface area contributed by atoms with Crippen LogP contribution in [0, 0.1) is 0 Å². The molecule has 17 heavy (non-hydrogen) atoms. The van der Waals surface area contributed by atoms with Gasteiger partial charge < -0.3 is 10.6 Å². The maximum Gasteiger partial charge on any atom is 0.239 e. The molecule has 0 spiro atoms. The molecule has 3 nitrogen and oxygen atoms in total. The Morgan fingerprint density at radius 1 is 1.47 bits per heavy atom. The molecule has 0 aromatic heterocycles. The lowest BCUT2D eigenvalue weighted by Gasteiger charge is -2.21. The monoisotopic (exact) mass is 254 g/mol. The summed E-state index contributed by atoms with van der Waals surface area (Å²) in [6, 6.07) is 7.10.